The van der Waals surface area contributed by atoms with Crippen molar-refractivity contribution in [2.45, 2.75) is 44.7 Å². The minimum atomic E-state index is -3.05. The number of hydrogen-bond donors (Lipinski definition) is 1. The van der Waals surface area contributed by atoms with Gasteiger partial charge in [0.05, 0.1) is 18.7 Å². The third-order valence-corrected chi connectivity index (χ3v) is 7.96. The van der Waals surface area contributed by atoms with Crippen LogP contribution in [0.1, 0.15) is 43.3 Å². The fourth-order valence-electron chi connectivity index (χ4n) is 4.75. The SMILES string of the molecule is CCOC(=O)C1=C(CN2CC(F)(F)C[C@@H]2CC(C)C(=O)N=O)NC(c2nccs2)=N[C@H]1c1ccc(F)cc1Br. The summed E-state index contributed by atoms with van der Waals surface area (Å²) < 4.78 is 48.9. The summed E-state index contributed by atoms with van der Waals surface area (Å²) in [7, 11) is 0. The number of alkyl halides is 2. The van der Waals surface area contributed by atoms with Gasteiger partial charge in [0, 0.05) is 51.8 Å². The van der Waals surface area contributed by atoms with E-state index in [-0.39, 0.29) is 30.8 Å². The third-order valence-electron chi connectivity index (χ3n) is 6.50. The van der Waals surface area contributed by atoms with Crippen molar-refractivity contribution in [1.29, 1.82) is 0 Å². The molecule has 0 spiro atoms. The zero-order chi connectivity index (χ0) is 28.3. The number of esters is 1. The van der Waals surface area contributed by atoms with Gasteiger partial charge in [-0.15, -0.1) is 16.2 Å². The van der Waals surface area contributed by atoms with Crippen LogP contribution in [0.25, 0.3) is 0 Å². The molecule has 4 rings (SSSR count). The highest BCUT2D eigenvalue weighted by Crippen LogP contribution is 2.39. The maximum Gasteiger partial charge on any atom is 0.338 e. The number of aromatic nitrogens is 1. The number of amidine groups is 1. The van der Waals surface area contributed by atoms with Crippen LogP contribution < -0.4 is 5.32 Å². The number of aliphatic imine (C=N–C) groups is 1. The van der Waals surface area contributed by atoms with Crippen LogP contribution in [0.2, 0.25) is 0 Å². The molecule has 2 aliphatic rings. The molecule has 0 aliphatic carbocycles. The first-order valence-corrected chi connectivity index (χ1v) is 13.8. The van der Waals surface area contributed by atoms with Gasteiger partial charge in [-0.2, -0.15) is 0 Å². The predicted molar refractivity (Wildman–Crippen MR) is 142 cm³/mol. The number of nitrogens with zero attached hydrogens (tertiary/aromatic N) is 4. The highest BCUT2D eigenvalue weighted by atomic mass is 79.9. The van der Waals surface area contributed by atoms with Crippen molar-refractivity contribution in [1.82, 2.24) is 15.2 Å². The molecule has 2 aliphatic heterocycles. The number of likely N-dealkylation sites (tertiary alicyclic amines) is 1. The average Bonchev–Trinajstić information content (AvgIpc) is 3.51. The summed E-state index contributed by atoms with van der Waals surface area (Å²) in [5.74, 6) is -5.71. The molecule has 208 valence electrons. The zero-order valence-corrected chi connectivity index (χ0v) is 23.4. The lowest BCUT2D eigenvalue weighted by molar-refractivity contribution is -0.139. The van der Waals surface area contributed by atoms with Gasteiger partial charge in [0.15, 0.2) is 10.8 Å². The van der Waals surface area contributed by atoms with Crippen LogP contribution in [0.15, 0.2) is 55.7 Å². The Morgan fingerprint density at radius 2 is 2.15 bits per heavy atom. The quantitative estimate of drug-likeness (QED) is 0.308. The zero-order valence-electron chi connectivity index (χ0n) is 21.0. The van der Waals surface area contributed by atoms with Crippen molar-refractivity contribution in [2.75, 3.05) is 19.7 Å². The molecule has 1 fully saturated rings. The van der Waals surface area contributed by atoms with E-state index >= 15 is 0 Å². The molecule has 1 saturated heterocycles. The van der Waals surface area contributed by atoms with E-state index in [1.807, 2.05) is 0 Å². The normalized spacial score (nSPS) is 21.7. The Labute approximate surface area is 234 Å². The van der Waals surface area contributed by atoms with E-state index in [1.165, 1.54) is 41.4 Å². The van der Waals surface area contributed by atoms with E-state index < -0.39 is 54.6 Å². The van der Waals surface area contributed by atoms with E-state index in [1.54, 1.807) is 18.5 Å². The molecular formula is C25H25BrF3N5O4S. The summed E-state index contributed by atoms with van der Waals surface area (Å²) in [4.78, 5) is 46.3. The summed E-state index contributed by atoms with van der Waals surface area (Å²) in [6.07, 6.45) is 1.04. The second-order valence-corrected chi connectivity index (χ2v) is 11.1. The number of rotatable bonds is 9. The molecule has 1 N–H and O–H groups in total. The molecule has 3 atom stereocenters. The predicted octanol–water partition coefficient (Wildman–Crippen LogP) is 4.98. The molecule has 1 amide bonds. The summed E-state index contributed by atoms with van der Waals surface area (Å²) in [6, 6.07) is 2.24. The summed E-state index contributed by atoms with van der Waals surface area (Å²) >= 11 is 4.64. The van der Waals surface area contributed by atoms with Gasteiger partial charge in [-0.05, 0) is 31.0 Å². The molecule has 1 aromatic carbocycles. The summed E-state index contributed by atoms with van der Waals surface area (Å²) in [5.41, 5.74) is 0.814. The molecule has 1 aromatic heterocycles. The molecular weight excluding hydrogens is 603 g/mol. The fraction of sp³-hybridized carbons (Fsp3) is 0.440. The average molecular weight is 628 g/mol. The number of benzene rings is 1. The van der Waals surface area contributed by atoms with Crippen LogP contribution in [0.3, 0.4) is 0 Å². The minimum Gasteiger partial charge on any atom is -0.463 e. The highest BCUT2D eigenvalue weighted by molar-refractivity contribution is 9.10. The van der Waals surface area contributed by atoms with Crippen LogP contribution in [0, 0.1) is 16.6 Å². The molecule has 1 unspecified atom stereocenters. The molecule has 2 aromatic rings. The number of amides is 1. The maximum absolute atomic E-state index is 14.6. The largest absolute Gasteiger partial charge is 0.463 e. The Morgan fingerprint density at radius 3 is 2.79 bits per heavy atom. The lowest BCUT2D eigenvalue weighted by Crippen LogP contribution is -2.42. The van der Waals surface area contributed by atoms with Gasteiger partial charge in [0.1, 0.15) is 11.9 Å². The maximum atomic E-state index is 14.6. The standard InChI is InChI=1S/C25H25BrF3N5O4S/c1-3-38-24(36)19-18(11-34-12-25(28,29)10-15(34)8-13(2)22(35)33-37)31-21(23-30-6-7-39-23)32-20(19)16-5-4-14(27)9-17(16)26/h4-7,9,13,15,20H,3,8,10-12H2,1-2H3,(H,31,32)/t13?,15-,20-/m0/s1. The fourth-order valence-corrected chi connectivity index (χ4v) is 5.91. The number of carbonyl (C=O) groups is 2. The molecule has 39 heavy (non-hydrogen) atoms. The number of carbonyl (C=O) groups excluding carboxylic acids is 2. The van der Waals surface area contributed by atoms with Crippen molar-refractivity contribution in [2.24, 2.45) is 16.1 Å². The number of halogens is 4. The molecule has 0 radical (unpaired) electrons. The Morgan fingerprint density at radius 1 is 1.38 bits per heavy atom. The second-order valence-electron chi connectivity index (χ2n) is 9.31. The Balaban J connectivity index is 1.79. The van der Waals surface area contributed by atoms with Gasteiger partial charge in [-0.25, -0.2) is 22.9 Å². The number of ether oxygens (including phenoxy) is 1. The Hall–Kier alpha value is -2.97. The second kappa shape index (κ2) is 12.0. The van der Waals surface area contributed by atoms with Gasteiger partial charge in [-0.1, -0.05) is 28.9 Å². The molecule has 14 heteroatoms. The van der Waals surface area contributed by atoms with Crippen LogP contribution in [0.5, 0.6) is 0 Å². The highest BCUT2D eigenvalue weighted by Gasteiger charge is 2.46. The minimum absolute atomic E-state index is 0.0114. The lowest BCUT2D eigenvalue weighted by atomic mass is 9.94. The topological polar surface area (TPSA) is 113 Å². The third kappa shape index (κ3) is 6.61. The summed E-state index contributed by atoms with van der Waals surface area (Å²) in [5, 5.41) is 7.77. The first-order chi connectivity index (χ1) is 18.5. The lowest BCUT2D eigenvalue weighted by Gasteiger charge is -2.32. The van der Waals surface area contributed by atoms with Crippen molar-refractivity contribution in [3.63, 3.8) is 0 Å². The van der Waals surface area contributed by atoms with E-state index in [2.05, 4.69) is 31.4 Å². The van der Waals surface area contributed by atoms with Crippen LogP contribution in [-0.4, -0.2) is 59.3 Å². The van der Waals surface area contributed by atoms with Crippen molar-refractivity contribution in [3.8, 4) is 0 Å². The van der Waals surface area contributed by atoms with Gasteiger partial charge in [0.25, 0.3) is 11.8 Å². The number of nitroso groups, excluding NO2 is 1. The molecule has 0 bridgehead atoms. The van der Waals surface area contributed by atoms with E-state index in [4.69, 9.17) is 9.73 Å². The summed E-state index contributed by atoms with van der Waals surface area (Å²) in [6.45, 7) is 2.40. The smallest absolute Gasteiger partial charge is 0.338 e. The molecule has 0 saturated carbocycles. The monoisotopic (exact) mass is 627 g/mol. The first kappa shape index (κ1) is 29.0. The van der Waals surface area contributed by atoms with E-state index in [0.29, 0.717) is 20.9 Å². The molecule has 3 heterocycles. The Bertz CT molecular complexity index is 1320. The number of thiazole rings is 1. The van der Waals surface area contributed by atoms with E-state index in [0.717, 1.165) is 0 Å². The van der Waals surface area contributed by atoms with Gasteiger partial charge >= 0.3 is 5.97 Å². The first-order valence-electron chi connectivity index (χ1n) is 12.1. The van der Waals surface area contributed by atoms with Crippen LogP contribution in [-0.2, 0) is 14.3 Å². The molecule has 9 nitrogen and oxygen atoms in total. The van der Waals surface area contributed by atoms with Gasteiger partial charge in [0.2, 0.25) is 0 Å². The number of hydrogen-bond acceptors (Lipinski definition) is 9. The van der Waals surface area contributed by atoms with E-state index in [9.17, 15) is 27.7 Å². The van der Waals surface area contributed by atoms with Crippen LogP contribution in [0.4, 0.5) is 13.2 Å². The van der Waals surface area contributed by atoms with Crippen molar-refractivity contribution in [3.05, 3.63) is 66.8 Å². The number of nitrogens with one attached hydrogen (secondary N) is 1. The van der Waals surface area contributed by atoms with Gasteiger partial charge in [-0.3, -0.25) is 14.7 Å². The van der Waals surface area contributed by atoms with Crippen molar-refractivity contribution >= 4 is 45.0 Å². The Kier molecular flexibility index (Phi) is 8.96. The van der Waals surface area contributed by atoms with Crippen molar-refractivity contribution < 1.29 is 27.5 Å². The van der Waals surface area contributed by atoms with Crippen LogP contribution >= 0.6 is 27.3 Å². The van der Waals surface area contributed by atoms with Gasteiger partial charge < -0.3 is 10.1 Å².